The molecular formula is C12H9NO6. The number of nitro groups is 1. The van der Waals surface area contributed by atoms with Crippen LogP contribution in [0.3, 0.4) is 0 Å². The highest BCUT2D eigenvalue weighted by atomic mass is 16.6. The van der Waals surface area contributed by atoms with Crippen LogP contribution in [0.15, 0.2) is 36.0 Å². The number of hydrogen-bond acceptors (Lipinski definition) is 4. The Bertz CT molecular complexity index is 554. The number of aliphatic carboxylic acids is 2. The Balaban J connectivity index is 2.99. The average Bonchev–Trinajstić information content (AvgIpc) is 2.34. The molecule has 98 valence electrons. The fraction of sp³-hybridized carbons (Fsp3) is 0. The molecule has 0 aromatic heterocycles. The molecule has 7 nitrogen and oxygen atoms in total. The Kier molecular flexibility index (Phi) is 4.53. The minimum absolute atomic E-state index is 0.335. The van der Waals surface area contributed by atoms with Gasteiger partial charge >= 0.3 is 17.6 Å². The predicted molar refractivity (Wildman–Crippen MR) is 65.7 cm³/mol. The van der Waals surface area contributed by atoms with Crippen molar-refractivity contribution in [2.45, 2.75) is 0 Å². The molecule has 0 unspecified atom stereocenters. The monoisotopic (exact) mass is 263 g/mol. The zero-order valence-electron chi connectivity index (χ0n) is 9.52. The molecule has 0 aliphatic heterocycles. The second-order valence-corrected chi connectivity index (χ2v) is 3.43. The van der Waals surface area contributed by atoms with Crippen molar-refractivity contribution in [3.05, 3.63) is 57.3 Å². The first-order valence-electron chi connectivity index (χ1n) is 5.00. The molecule has 0 fully saturated rings. The van der Waals surface area contributed by atoms with Crippen LogP contribution >= 0.6 is 0 Å². The lowest BCUT2D eigenvalue weighted by molar-refractivity contribution is -0.419. The summed E-state index contributed by atoms with van der Waals surface area (Å²) in [5, 5.41) is 27.5. The molecule has 0 atom stereocenters. The van der Waals surface area contributed by atoms with Crippen LogP contribution in [0.1, 0.15) is 11.1 Å². The minimum atomic E-state index is -1.63. The maximum atomic E-state index is 10.6. The lowest BCUT2D eigenvalue weighted by Gasteiger charge is -1.96. The van der Waals surface area contributed by atoms with Gasteiger partial charge in [-0.3, -0.25) is 10.1 Å². The van der Waals surface area contributed by atoms with Crippen LogP contribution in [-0.2, 0) is 9.59 Å². The van der Waals surface area contributed by atoms with Gasteiger partial charge in [0.2, 0.25) is 0 Å². The van der Waals surface area contributed by atoms with E-state index in [2.05, 4.69) is 0 Å². The van der Waals surface area contributed by atoms with E-state index >= 15 is 0 Å². The Morgan fingerprint density at radius 3 is 2.05 bits per heavy atom. The first kappa shape index (κ1) is 14.1. The lowest BCUT2D eigenvalue weighted by atomic mass is 10.1. The summed E-state index contributed by atoms with van der Waals surface area (Å²) in [5.41, 5.74) is -0.0204. The van der Waals surface area contributed by atoms with E-state index in [9.17, 15) is 19.7 Å². The summed E-state index contributed by atoms with van der Waals surface area (Å²) < 4.78 is 0. The van der Waals surface area contributed by atoms with E-state index in [1.807, 2.05) is 0 Å². The number of rotatable bonds is 5. The Morgan fingerprint density at radius 2 is 1.63 bits per heavy atom. The predicted octanol–water partition coefficient (Wildman–Crippen LogP) is 1.49. The summed E-state index contributed by atoms with van der Waals surface area (Å²) in [5.74, 6) is -2.72. The molecule has 1 rings (SSSR count). The summed E-state index contributed by atoms with van der Waals surface area (Å²) >= 11 is 0. The number of carboxylic acid groups (broad SMARTS) is 2. The third-order valence-electron chi connectivity index (χ3n) is 2.07. The number of hydrogen-bond donors (Lipinski definition) is 2. The summed E-state index contributed by atoms with van der Waals surface area (Å²) in [6, 6.07) is 5.94. The standard InChI is InChI=1S/C12H9NO6/c14-11(15)6-5-8-1-3-9(4-2-8)7-10(12(16)17)13(18)19/h1-7H,(H,14,15)(H,16,17). The first-order chi connectivity index (χ1) is 8.90. The van der Waals surface area contributed by atoms with E-state index in [1.54, 1.807) is 0 Å². The van der Waals surface area contributed by atoms with E-state index in [-0.39, 0.29) is 0 Å². The van der Waals surface area contributed by atoms with Crippen molar-refractivity contribution in [1.29, 1.82) is 0 Å². The van der Waals surface area contributed by atoms with Crippen molar-refractivity contribution in [3.8, 4) is 0 Å². The summed E-state index contributed by atoms with van der Waals surface area (Å²) in [6.07, 6.45) is 3.22. The molecule has 7 heteroatoms. The van der Waals surface area contributed by atoms with Crippen molar-refractivity contribution in [1.82, 2.24) is 0 Å². The zero-order chi connectivity index (χ0) is 14.4. The highest BCUT2D eigenvalue weighted by Gasteiger charge is 2.20. The quantitative estimate of drug-likeness (QED) is 0.472. The molecule has 2 N–H and O–H groups in total. The van der Waals surface area contributed by atoms with Gasteiger partial charge in [-0.2, -0.15) is 0 Å². The van der Waals surface area contributed by atoms with Gasteiger partial charge in [-0.15, -0.1) is 0 Å². The van der Waals surface area contributed by atoms with Gasteiger partial charge in [0.25, 0.3) is 0 Å². The number of nitrogens with zero attached hydrogens (tertiary/aromatic N) is 1. The molecule has 0 amide bonds. The van der Waals surface area contributed by atoms with Crippen LogP contribution in [0.2, 0.25) is 0 Å². The van der Waals surface area contributed by atoms with Crippen LogP contribution in [0.4, 0.5) is 0 Å². The summed E-state index contributed by atoms with van der Waals surface area (Å²) in [4.78, 5) is 30.4. The first-order valence-corrected chi connectivity index (χ1v) is 5.00. The molecule has 19 heavy (non-hydrogen) atoms. The van der Waals surface area contributed by atoms with Gasteiger partial charge in [-0.05, 0) is 17.2 Å². The summed E-state index contributed by atoms with van der Waals surface area (Å²) in [6.45, 7) is 0. The highest BCUT2D eigenvalue weighted by molar-refractivity contribution is 5.89. The molecule has 1 aromatic rings. The van der Waals surface area contributed by atoms with Crippen molar-refractivity contribution < 1.29 is 24.7 Å². The third kappa shape index (κ3) is 4.43. The van der Waals surface area contributed by atoms with Crippen LogP contribution in [-0.4, -0.2) is 27.1 Å². The van der Waals surface area contributed by atoms with Gasteiger partial charge < -0.3 is 10.2 Å². The number of benzene rings is 1. The maximum Gasteiger partial charge on any atom is 0.407 e. The van der Waals surface area contributed by atoms with E-state index in [0.29, 0.717) is 11.1 Å². The lowest BCUT2D eigenvalue weighted by Crippen LogP contribution is -2.09. The fourth-order valence-corrected chi connectivity index (χ4v) is 1.22. The molecular weight excluding hydrogens is 254 g/mol. The SMILES string of the molecule is O=C(O)C=Cc1ccc(C=C(C(=O)O)[N+](=O)[O-])cc1. The maximum absolute atomic E-state index is 10.6. The normalized spacial score (nSPS) is 11.5. The molecule has 0 aliphatic carbocycles. The topological polar surface area (TPSA) is 118 Å². The van der Waals surface area contributed by atoms with Crippen molar-refractivity contribution in [3.63, 3.8) is 0 Å². The van der Waals surface area contributed by atoms with Gasteiger partial charge in [0.15, 0.2) is 0 Å². The van der Waals surface area contributed by atoms with Crippen LogP contribution in [0.25, 0.3) is 12.2 Å². The Morgan fingerprint density at radius 1 is 1.11 bits per heavy atom. The summed E-state index contributed by atoms with van der Waals surface area (Å²) in [7, 11) is 0. The molecule has 0 saturated heterocycles. The fourth-order valence-electron chi connectivity index (χ4n) is 1.22. The van der Waals surface area contributed by atoms with E-state index in [0.717, 1.165) is 12.2 Å². The van der Waals surface area contributed by atoms with Gasteiger partial charge in [-0.1, -0.05) is 24.3 Å². The van der Waals surface area contributed by atoms with Gasteiger partial charge in [-0.25, -0.2) is 9.59 Å². The van der Waals surface area contributed by atoms with E-state index in [4.69, 9.17) is 10.2 Å². The molecule has 1 aromatic carbocycles. The molecule has 0 bridgehead atoms. The Labute approximate surface area is 107 Å². The van der Waals surface area contributed by atoms with Gasteiger partial charge in [0.05, 0.1) is 4.92 Å². The second kappa shape index (κ2) is 6.10. The van der Waals surface area contributed by atoms with Crippen molar-refractivity contribution in [2.24, 2.45) is 0 Å². The third-order valence-corrected chi connectivity index (χ3v) is 2.07. The molecule has 0 aliphatic rings. The molecule has 0 radical (unpaired) electrons. The van der Waals surface area contributed by atoms with E-state index in [1.165, 1.54) is 30.3 Å². The second-order valence-electron chi connectivity index (χ2n) is 3.43. The van der Waals surface area contributed by atoms with Crippen molar-refractivity contribution in [2.75, 3.05) is 0 Å². The number of carbonyl (C=O) groups is 2. The van der Waals surface area contributed by atoms with Gasteiger partial charge in [0.1, 0.15) is 0 Å². The Hall–Kier alpha value is -2.96. The smallest absolute Gasteiger partial charge is 0.407 e. The molecule has 0 heterocycles. The van der Waals surface area contributed by atoms with Crippen LogP contribution in [0.5, 0.6) is 0 Å². The minimum Gasteiger partial charge on any atom is -0.478 e. The molecule has 0 saturated carbocycles. The van der Waals surface area contributed by atoms with Crippen LogP contribution < -0.4 is 0 Å². The molecule has 0 spiro atoms. The van der Waals surface area contributed by atoms with E-state index < -0.39 is 22.6 Å². The largest absolute Gasteiger partial charge is 0.478 e. The number of carboxylic acids is 2. The van der Waals surface area contributed by atoms with Gasteiger partial charge in [0, 0.05) is 12.2 Å². The zero-order valence-corrected chi connectivity index (χ0v) is 9.52. The van der Waals surface area contributed by atoms with Crippen molar-refractivity contribution >= 4 is 24.1 Å². The van der Waals surface area contributed by atoms with Crippen LogP contribution in [0, 0.1) is 10.1 Å². The highest BCUT2D eigenvalue weighted by Crippen LogP contribution is 2.11. The average molecular weight is 263 g/mol.